The molecule has 1 unspecified atom stereocenters. The summed E-state index contributed by atoms with van der Waals surface area (Å²) >= 11 is 5.67. The van der Waals surface area contributed by atoms with E-state index in [1.54, 1.807) is 6.92 Å². The number of aliphatic hydroxyl groups is 1. The molecule has 0 spiro atoms. The van der Waals surface area contributed by atoms with Crippen molar-refractivity contribution in [3.8, 4) is 0 Å². The highest BCUT2D eigenvalue weighted by atomic mass is 35.5. The van der Waals surface area contributed by atoms with Gasteiger partial charge in [-0.3, -0.25) is 0 Å². The van der Waals surface area contributed by atoms with E-state index in [2.05, 4.69) is 4.72 Å². The van der Waals surface area contributed by atoms with Crippen LogP contribution in [0, 0.1) is 5.82 Å². The summed E-state index contributed by atoms with van der Waals surface area (Å²) in [4.78, 5) is -0.563. The van der Waals surface area contributed by atoms with E-state index < -0.39 is 26.8 Å². The smallest absolute Gasteiger partial charge is 0.245 e. The predicted molar refractivity (Wildman–Crippen MR) is 62.9 cm³/mol. The molecule has 0 aromatic heterocycles. The lowest BCUT2D eigenvalue weighted by Crippen LogP contribution is -2.33. The minimum Gasteiger partial charge on any atom is -0.396 e. The summed E-state index contributed by atoms with van der Waals surface area (Å²) < 4.78 is 39.4. The average Bonchev–Trinajstić information content (AvgIpc) is 2.15. The number of sulfonamides is 1. The Morgan fingerprint density at radius 2 is 2.18 bits per heavy atom. The normalized spacial score (nSPS) is 13.6. The third-order valence-corrected chi connectivity index (χ3v) is 4.20. The summed E-state index contributed by atoms with van der Waals surface area (Å²) in [6.07, 6.45) is 0.241. The van der Waals surface area contributed by atoms with E-state index in [1.165, 1.54) is 12.1 Å². The first-order valence-corrected chi connectivity index (χ1v) is 6.82. The number of hydrogen-bond acceptors (Lipinski definition) is 3. The molecule has 1 atom stereocenters. The molecule has 2 N–H and O–H groups in total. The topological polar surface area (TPSA) is 66.4 Å². The molecule has 0 bridgehead atoms. The summed E-state index contributed by atoms with van der Waals surface area (Å²) in [7, 11) is -4.01. The number of hydrogen-bond donors (Lipinski definition) is 2. The maximum atomic E-state index is 13.4. The summed E-state index contributed by atoms with van der Waals surface area (Å²) in [6.45, 7) is 1.41. The van der Waals surface area contributed by atoms with Gasteiger partial charge < -0.3 is 5.11 Å². The molecular weight excluding hydrogens is 269 g/mol. The van der Waals surface area contributed by atoms with Crippen molar-refractivity contribution < 1.29 is 17.9 Å². The fraction of sp³-hybridized carbons (Fsp3) is 0.400. The van der Waals surface area contributed by atoms with Gasteiger partial charge in [0.05, 0.1) is 5.02 Å². The number of nitrogens with one attached hydrogen (secondary N) is 1. The summed E-state index contributed by atoms with van der Waals surface area (Å²) in [5.41, 5.74) is 0. The van der Waals surface area contributed by atoms with Crippen LogP contribution in [0.2, 0.25) is 5.02 Å². The minimum absolute atomic E-state index is 0.158. The van der Waals surface area contributed by atoms with Crippen molar-refractivity contribution in [1.82, 2.24) is 4.72 Å². The Kier molecular flexibility index (Phi) is 4.88. The molecule has 0 aliphatic rings. The van der Waals surface area contributed by atoms with Crippen LogP contribution < -0.4 is 4.72 Å². The van der Waals surface area contributed by atoms with Crippen molar-refractivity contribution >= 4 is 21.6 Å². The van der Waals surface area contributed by atoms with Crippen molar-refractivity contribution in [2.75, 3.05) is 6.61 Å². The van der Waals surface area contributed by atoms with Crippen molar-refractivity contribution in [2.24, 2.45) is 0 Å². The maximum absolute atomic E-state index is 13.4. The molecule has 17 heavy (non-hydrogen) atoms. The molecule has 1 rings (SSSR count). The summed E-state index contributed by atoms with van der Waals surface area (Å²) in [6, 6.07) is 3.15. The molecule has 1 aromatic rings. The quantitative estimate of drug-likeness (QED) is 0.860. The van der Waals surface area contributed by atoms with Crippen LogP contribution in [0.25, 0.3) is 0 Å². The Hall–Kier alpha value is -0.690. The second-order valence-corrected chi connectivity index (χ2v) is 5.64. The van der Waals surface area contributed by atoms with E-state index >= 15 is 0 Å². The summed E-state index contributed by atoms with van der Waals surface area (Å²) in [5, 5.41) is 8.51. The highest BCUT2D eigenvalue weighted by Crippen LogP contribution is 2.24. The highest BCUT2D eigenvalue weighted by molar-refractivity contribution is 7.89. The molecule has 0 amide bonds. The van der Waals surface area contributed by atoms with Gasteiger partial charge in [-0.25, -0.2) is 17.5 Å². The average molecular weight is 282 g/mol. The molecule has 1 aromatic carbocycles. The van der Waals surface area contributed by atoms with Crippen LogP contribution in [-0.2, 0) is 10.0 Å². The van der Waals surface area contributed by atoms with Crippen LogP contribution in [0.3, 0.4) is 0 Å². The molecule has 0 aliphatic carbocycles. The van der Waals surface area contributed by atoms with Gasteiger partial charge in [0.25, 0.3) is 0 Å². The van der Waals surface area contributed by atoms with Crippen LogP contribution >= 0.6 is 11.6 Å². The maximum Gasteiger partial charge on any atom is 0.245 e. The Labute approximate surface area is 104 Å². The van der Waals surface area contributed by atoms with Crippen LogP contribution in [0.15, 0.2) is 23.1 Å². The lowest BCUT2D eigenvalue weighted by atomic mass is 10.3. The SMILES string of the molecule is CC(CCO)NS(=O)(=O)c1c(F)cccc1Cl. The van der Waals surface area contributed by atoms with Gasteiger partial charge in [0.1, 0.15) is 10.7 Å². The zero-order valence-electron chi connectivity index (χ0n) is 9.15. The van der Waals surface area contributed by atoms with Crippen LogP contribution in [0.1, 0.15) is 13.3 Å². The van der Waals surface area contributed by atoms with Gasteiger partial charge in [-0.2, -0.15) is 0 Å². The molecule has 96 valence electrons. The van der Waals surface area contributed by atoms with E-state index in [1.807, 2.05) is 0 Å². The van der Waals surface area contributed by atoms with Crippen molar-refractivity contribution in [1.29, 1.82) is 0 Å². The van der Waals surface area contributed by atoms with Gasteiger partial charge in [-0.05, 0) is 25.5 Å². The van der Waals surface area contributed by atoms with Gasteiger partial charge in [0, 0.05) is 12.6 Å². The molecule has 0 heterocycles. The van der Waals surface area contributed by atoms with Crippen molar-refractivity contribution in [2.45, 2.75) is 24.3 Å². The van der Waals surface area contributed by atoms with E-state index in [9.17, 15) is 12.8 Å². The van der Waals surface area contributed by atoms with E-state index in [-0.39, 0.29) is 18.1 Å². The first kappa shape index (κ1) is 14.4. The molecule has 0 fully saturated rings. The van der Waals surface area contributed by atoms with Crippen molar-refractivity contribution in [3.05, 3.63) is 29.0 Å². The lowest BCUT2D eigenvalue weighted by Gasteiger charge is -2.14. The third-order valence-electron chi connectivity index (χ3n) is 2.11. The van der Waals surface area contributed by atoms with Crippen LogP contribution in [0.4, 0.5) is 4.39 Å². The van der Waals surface area contributed by atoms with E-state index in [0.29, 0.717) is 0 Å². The molecule has 0 radical (unpaired) electrons. The van der Waals surface area contributed by atoms with Crippen LogP contribution in [-0.4, -0.2) is 26.2 Å². The molecule has 0 saturated heterocycles. The minimum atomic E-state index is -4.01. The molecule has 0 saturated carbocycles. The standard InChI is InChI=1S/C10H13ClFNO3S/c1-7(5-6-14)13-17(15,16)10-8(11)3-2-4-9(10)12/h2-4,7,13-14H,5-6H2,1H3. The van der Waals surface area contributed by atoms with Gasteiger partial charge in [-0.1, -0.05) is 17.7 Å². The van der Waals surface area contributed by atoms with Crippen LogP contribution in [0.5, 0.6) is 0 Å². The van der Waals surface area contributed by atoms with Gasteiger partial charge in [-0.15, -0.1) is 0 Å². The molecule has 4 nitrogen and oxygen atoms in total. The predicted octanol–water partition coefficient (Wildman–Crippen LogP) is 1.53. The monoisotopic (exact) mass is 281 g/mol. The number of halogens is 2. The van der Waals surface area contributed by atoms with E-state index in [4.69, 9.17) is 16.7 Å². The van der Waals surface area contributed by atoms with Crippen molar-refractivity contribution in [3.63, 3.8) is 0 Å². The number of rotatable bonds is 5. The molecule has 0 aliphatic heterocycles. The first-order chi connectivity index (χ1) is 7.88. The molecular formula is C10H13ClFNO3S. The Bertz CT molecular complexity index is 472. The second kappa shape index (κ2) is 5.77. The number of aliphatic hydroxyl groups excluding tert-OH is 1. The lowest BCUT2D eigenvalue weighted by molar-refractivity contribution is 0.275. The Balaban J connectivity index is 3.06. The Morgan fingerprint density at radius 1 is 1.53 bits per heavy atom. The fourth-order valence-corrected chi connectivity index (χ4v) is 3.20. The van der Waals surface area contributed by atoms with E-state index in [0.717, 1.165) is 6.07 Å². The zero-order valence-corrected chi connectivity index (χ0v) is 10.7. The van der Waals surface area contributed by atoms with Gasteiger partial charge >= 0.3 is 0 Å². The first-order valence-electron chi connectivity index (χ1n) is 4.95. The third kappa shape index (κ3) is 3.64. The summed E-state index contributed by atoms with van der Waals surface area (Å²) in [5.74, 6) is -0.902. The van der Waals surface area contributed by atoms with Gasteiger partial charge in [0.2, 0.25) is 10.0 Å². The second-order valence-electron chi connectivity index (χ2n) is 3.59. The highest BCUT2D eigenvalue weighted by Gasteiger charge is 2.24. The molecule has 7 heteroatoms. The largest absolute Gasteiger partial charge is 0.396 e. The van der Waals surface area contributed by atoms with Gasteiger partial charge in [0.15, 0.2) is 0 Å². The zero-order chi connectivity index (χ0) is 13.1. The fourth-order valence-electron chi connectivity index (χ4n) is 1.32. The Morgan fingerprint density at radius 3 is 2.71 bits per heavy atom. The number of benzene rings is 1.